The molecular formula is C40H30BrN3O3S. The van der Waals surface area contributed by atoms with Gasteiger partial charge in [0.2, 0.25) is 5.91 Å². The molecule has 3 N–H and O–H groups in total. The SMILES string of the molecule is O=C(Nc1ccc(SC(C(=O)Nc2cccc3ccccc23)c2ccccc2)cc1)/C(=C/c1cccc(Br)c1)NC(=O)c1ccccc1. The number of hydrogen-bond donors (Lipinski definition) is 3. The number of hydrogen-bond acceptors (Lipinski definition) is 4. The van der Waals surface area contributed by atoms with Crippen molar-refractivity contribution in [2.75, 3.05) is 10.6 Å². The van der Waals surface area contributed by atoms with Crippen molar-refractivity contribution in [2.24, 2.45) is 0 Å². The van der Waals surface area contributed by atoms with Crippen molar-refractivity contribution in [1.29, 1.82) is 0 Å². The van der Waals surface area contributed by atoms with E-state index in [1.54, 1.807) is 42.5 Å². The Morgan fingerprint density at radius 3 is 2.08 bits per heavy atom. The van der Waals surface area contributed by atoms with Gasteiger partial charge in [-0.05, 0) is 77.2 Å². The van der Waals surface area contributed by atoms with E-state index in [-0.39, 0.29) is 11.6 Å². The van der Waals surface area contributed by atoms with Crippen LogP contribution in [0.25, 0.3) is 16.8 Å². The van der Waals surface area contributed by atoms with Gasteiger partial charge in [-0.25, -0.2) is 0 Å². The minimum Gasteiger partial charge on any atom is -0.324 e. The summed E-state index contributed by atoms with van der Waals surface area (Å²) < 4.78 is 0.845. The molecule has 6 rings (SSSR count). The molecule has 0 heterocycles. The molecule has 1 unspecified atom stereocenters. The summed E-state index contributed by atoms with van der Waals surface area (Å²) in [5.74, 6) is -1.01. The molecular weight excluding hydrogens is 682 g/mol. The van der Waals surface area contributed by atoms with Crippen molar-refractivity contribution < 1.29 is 14.4 Å². The Labute approximate surface area is 291 Å². The maximum Gasteiger partial charge on any atom is 0.272 e. The fraction of sp³-hybridized carbons (Fsp3) is 0.0250. The predicted molar refractivity (Wildman–Crippen MR) is 199 cm³/mol. The number of anilines is 2. The lowest BCUT2D eigenvalue weighted by Gasteiger charge is -2.18. The Hall–Kier alpha value is -5.44. The van der Waals surface area contributed by atoms with Crippen LogP contribution >= 0.6 is 27.7 Å². The van der Waals surface area contributed by atoms with E-state index in [1.165, 1.54) is 11.8 Å². The highest BCUT2D eigenvalue weighted by Crippen LogP contribution is 2.37. The Balaban J connectivity index is 1.20. The van der Waals surface area contributed by atoms with Crippen LogP contribution < -0.4 is 16.0 Å². The molecule has 6 aromatic rings. The molecule has 0 spiro atoms. The molecule has 6 nitrogen and oxygen atoms in total. The van der Waals surface area contributed by atoms with Gasteiger partial charge in [-0.1, -0.05) is 113 Å². The molecule has 0 aromatic heterocycles. The third-order valence-electron chi connectivity index (χ3n) is 7.44. The van der Waals surface area contributed by atoms with Crippen LogP contribution in [-0.2, 0) is 9.59 Å². The van der Waals surface area contributed by atoms with Gasteiger partial charge in [-0.15, -0.1) is 11.8 Å². The van der Waals surface area contributed by atoms with Crippen LogP contribution in [0.2, 0.25) is 0 Å². The summed E-state index contributed by atoms with van der Waals surface area (Å²) in [4.78, 5) is 41.1. The molecule has 0 bridgehead atoms. The standard InChI is InChI=1S/C40H30BrN3O3S/c41-31-18-9-11-27(25-31)26-36(44-38(45)30-15-5-2-6-16-30)39(46)42-32-21-23-33(24-22-32)48-37(29-13-3-1-4-14-29)40(47)43-35-20-10-17-28-12-7-8-19-34(28)35/h1-26,37H,(H,42,46)(H,43,47)(H,44,45)/b36-26-. The number of halogens is 1. The number of fused-ring (bicyclic) bond motifs is 1. The van der Waals surface area contributed by atoms with Crippen LogP contribution in [0.3, 0.4) is 0 Å². The van der Waals surface area contributed by atoms with Crippen molar-refractivity contribution in [3.05, 3.63) is 179 Å². The highest BCUT2D eigenvalue weighted by molar-refractivity contribution is 9.10. The molecule has 0 fully saturated rings. The predicted octanol–water partition coefficient (Wildman–Crippen LogP) is 9.48. The number of rotatable bonds is 10. The molecule has 3 amide bonds. The van der Waals surface area contributed by atoms with E-state index in [2.05, 4.69) is 31.9 Å². The van der Waals surface area contributed by atoms with Gasteiger partial charge < -0.3 is 16.0 Å². The highest BCUT2D eigenvalue weighted by Gasteiger charge is 2.23. The van der Waals surface area contributed by atoms with E-state index in [0.717, 1.165) is 37.0 Å². The van der Waals surface area contributed by atoms with Crippen LogP contribution in [-0.4, -0.2) is 17.7 Å². The van der Waals surface area contributed by atoms with Gasteiger partial charge in [0.15, 0.2) is 0 Å². The van der Waals surface area contributed by atoms with Crippen LogP contribution in [0.4, 0.5) is 11.4 Å². The number of thioether (sulfide) groups is 1. The molecule has 0 aliphatic heterocycles. The smallest absolute Gasteiger partial charge is 0.272 e. The van der Waals surface area contributed by atoms with Crippen LogP contribution in [0.15, 0.2) is 167 Å². The molecule has 48 heavy (non-hydrogen) atoms. The summed E-state index contributed by atoms with van der Waals surface area (Å²) in [7, 11) is 0. The average molecular weight is 713 g/mol. The number of nitrogens with one attached hydrogen (secondary N) is 3. The lowest BCUT2D eigenvalue weighted by molar-refractivity contribution is -0.116. The largest absolute Gasteiger partial charge is 0.324 e. The quantitative estimate of drug-likeness (QED) is 0.0976. The Morgan fingerprint density at radius 1 is 0.667 bits per heavy atom. The molecule has 0 aliphatic carbocycles. The Morgan fingerprint density at radius 2 is 1.33 bits per heavy atom. The first kappa shape index (κ1) is 32.5. The Kier molecular flexibility index (Phi) is 10.4. The summed E-state index contributed by atoms with van der Waals surface area (Å²) in [5, 5.41) is 10.3. The van der Waals surface area contributed by atoms with Crippen LogP contribution in [0.1, 0.15) is 26.7 Å². The maximum absolute atomic E-state index is 13.8. The van der Waals surface area contributed by atoms with Gasteiger partial charge in [-0.2, -0.15) is 0 Å². The van der Waals surface area contributed by atoms with E-state index in [4.69, 9.17) is 0 Å². The van der Waals surface area contributed by atoms with Crippen molar-refractivity contribution in [3.8, 4) is 0 Å². The summed E-state index contributed by atoms with van der Waals surface area (Å²) in [6, 6.07) is 46.9. The third kappa shape index (κ3) is 8.28. The van der Waals surface area contributed by atoms with Crippen molar-refractivity contribution >= 4 is 73.6 Å². The first-order chi connectivity index (χ1) is 23.4. The van der Waals surface area contributed by atoms with Crippen molar-refractivity contribution in [1.82, 2.24) is 5.32 Å². The molecule has 0 aliphatic rings. The second-order valence-electron chi connectivity index (χ2n) is 10.8. The van der Waals surface area contributed by atoms with E-state index in [9.17, 15) is 14.4 Å². The molecule has 236 valence electrons. The summed E-state index contributed by atoms with van der Waals surface area (Å²) in [5.41, 5.74) is 3.43. The fourth-order valence-corrected chi connectivity index (χ4v) is 6.53. The number of carbonyl (C=O) groups excluding carboxylic acids is 3. The van der Waals surface area contributed by atoms with E-state index < -0.39 is 17.1 Å². The molecule has 0 saturated carbocycles. The highest BCUT2D eigenvalue weighted by atomic mass is 79.9. The van der Waals surface area contributed by atoms with Crippen molar-refractivity contribution in [2.45, 2.75) is 10.1 Å². The summed E-state index contributed by atoms with van der Waals surface area (Å²) >= 11 is 4.88. The van der Waals surface area contributed by atoms with E-state index in [0.29, 0.717) is 11.3 Å². The van der Waals surface area contributed by atoms with E-state index >= 15 is 0 Å². The first-order valence-corrected chi connectivity index (χ1v) is 16.9. The summed E-state index contributed by atoms with van der Waals surface area (Å²) in [6.45, 7) is 0. The van der Waals surface area contributed by atoms with Crippen LogP contribution in [0.5, 0.6) is 0 Å². The zero-order valence-corrected chi connectivity index (χ0v) is 28.0. The molecule has 0 saturated heterocycles. The lowest BCUT2D eigenvalue weighted by Crippen LogP contribution is -2.30. The lowest BCUT2D eigenvalue weighted by atomic mass is 10.1. The first-order valence-electron chi connectivity index (χ1n) is 15.2. The normalized spacial score (nSPS) is 11.8. The van der Waals surface area contributed by atoms with Gasteiger partial charge in [0.1, 0.15) is 10.9 Å². The average Bonchev–Trinajstić information content (AvgIpc) is 3.12. The molecule has 1 atom stereocenters. The third-order valence-corrected chi connectivity index (χ3v) is 9.20. The number of amides is 3. The number of carbonyl (C=O) groups is 3. The minimum absolute atomic E-state index is 0.0923. The van der Waals surface area contributed by atoms with Gasteiger partial charge >= 0.3 is 0 Å². The van der Waals surface area contributed by atoms with Gasteiger partial charge in [0.05, 0.1) is 0 Å². The van der Waals surface area contributed by atoms with Crippen molar-refractivity contribution in [3.63, 3.8) is 0 Å². The van der Waals surface area contributed by atoms with Gasteiger partial charge in [-0.3, -0.25) is 14.4 Å². The molecule has 6 aromatic carbocycles. The molecule has 8 heteroatoms. The van der Waals surface area contributed by atoms with E-state index in [1.807, 2.05) is 115 Å². The topological polar surface area (TPSA) is 87.3 Å². The van der Waals surface area contributed by atoms with Crippen LogP contribution in [0, 0.1) is 0 Å². The monoisotopic (exact) mass is 711 g/mol. The number of benzene rings is 6. The molecule has 0 radical (unpaired) electrons. The summed E-state index contributed by atoms with van der Waals surface area (Å²) in [6.07, 6.45) is 1.63. The fourth-order valence-electron chi connectivity index (χ4n) is 5.09. The minimum atomic E-state index is -0.529. The second kappa shape index (κ2) is 15.4. The second-order valence-corrected chi connectivity index (χ2v) is 12.9. The maximum atomic E-state index is 13.8. The Bertz CT molecular complexity index is 2100. The zero-order chi connectivity index (χ0) is 33.3. The zero-order valence-electron chi connectivity index (χ0n) is 25.6. The van der Waals surface area contributed by atoms with Gasteiger partial charge in [0, 0.05) is 31.7 Å². The van der Waals surface area contributed by atoms with Gasteiger partial charge in [0.25, 0.3) is 11.8 Å².